The summed E-state index contributed by atoms with van der Waals surface area (Å²) in [6.07, 6.45) is -1.58. The van der Waals surface area contributed by atoms with Gasteiger partial charge in [-0.2, -0.15) is 0 Å². The van der Waals surface area contributed by atoms with Gasteiger partial charge in [0.05, 0.1) is 12.0 Å². The topological polar surface area (TPSA) is 117 Å². The lowest BCUT2D eigenvalue weighted by Crippen LogP contribution is -2.50. The zero-order chi connectivity index (χ0) is 17.6. The van der Waals surface area contributed by atoms with Crippen LogP contribution in [0.1, 0.15) is 48.0 Å². The van der Waals surface area contributed by atoms with E-state index in [1.807, 2.05) is 0 Å². The predicted octanol–water partition coefficient (Wildman–Crippen LogP) is 0.544. The average molecular weight is 317 g/mol. The highest BCUT2D eigenvalue weighted by Gasteiger charge is 2.21. The van der Waals surface area contributed by atoms with E-state index in [0.29, 0.717) is 0 Å². The molecule has 0 aliphatic rings. The number of hydrogen-bond donors (Lipinski definition) is 2. The van der Waals surface area contributed by atoms with Gasteiger partial charge in [0.2, 0.25) is 0 Å². The number of rotatable bonds is 5. The first-order chi connectivity index (χ1) is 9.80. The highest BCUT2D eigenvalue weighted by Crippen LogP contribution is 2.08. The van der Waals surface area contributed by atoms with Crippen LogP contribution in [-0.4, -0.2) is 41.9 Å². The Morgan fingerprint density at radius 3 is 1.82 bits per heavy atom. The molecule has 0 radical (unpaired) electrons. The molecule has 1 atom stereocenters. The second-order valence-electron chi connectivity index (χ2n) is 6.74. The van der Waals surface area contributed by atoms with Crippen molar-refractivity contribution >= 4 is 18.2 Å². The molecule has 0 aliphatic heterocycles. The normalized spacial score (nSPS) is 13.0. The molecular weight excluding hydrogens is 292 g/mol. The van der Waals surface area contributed by atoms with E-state index in [-0.39, 0.29) is 13.0 Å². The minimum absolute atomic E-state index is 0.00333. The fourth-order valence-corrected chi connectivity index (χ4v) is 1.33. The molecule has 8 heteroatoms. The lowest BCUT2D eigenvalue weighted by molar-refractivity contribution is -0.308. The van der Waals surface area contributed by atoms with Gasteiger partial charge in [0, 0.05) is 6.54 Å². The Hall–Kier alpha value is -1.99. The van der Waals surface area contributed by atoms with Crippen LogP contribution in [-0.2, 0) is 14.3 Å². The molecule has 0 unspecified atom stereocenters. The quantitative estimate of drug-likeness (QED) is 0.764. The van der Waals surface area contributed by atoms with Crippen LogP contribution in [0.3, 0.4) is 0 Å². The minimum Gasteiger partial charge on any atom is -0.548 e. The van der Waals surface area contributed by atoms with Crippen LogP contribution in [0.5, 0.6) is 0 Å². The largest absolute Gasteiger partial charge is 0.548 e. The van der Waals surface area contributed by atoms with E-state index >= 15 is 0 Å². The SMILES string of the molecule is CC(C)(C)OC(=O)NCC[C@H](NC(=O)OC(C)(C)C)C(=O)[O-]. The van der Waals surface area contributed by atoms with Crippen LogP contribution < -0.4 is 15.7 Å². The van der Waals surface area contributed by atoms with Crippen molar-refractivity contribution in [2.24, 2.45) is 0 Å². The summed E-state index contributed by atoms with van der Waals surface area (Å²) in [5, 5.41) is 15.6. The van der Waals surface area contributed by atoms with Gasteiger partial charge in [0.1, 0.15) is 11.2 Å². The summed E-state index contributed by atoms with van der Waals surface area (Å²) in [6, 6.07) is -1.27. The third-order valence-electron chi connectivity index (χ3n) is 2.08. The standard InChI is InChI=1S/C14H26N2O6/c1-13(2,3)21-11(19)15-8-7-9(10(17)18)16-12(20)22-14(4,5)6/h9H,7-8H2,1-6H3,(H,15,19)(H,16,20)(H,17,18)/p-1/t9-/m0/s1. The van der Waals surface area contributed by atoms with Gasteiger partial charge in [-0.25, -0.2) is 9.59 Å². The van der Waals surface area contributed by atoms with Crippen LogP contribution in [0.15, 0.2) is 0 Å². The van der Waals surface area contributed by atoms with Gasteiger partial charge < -0.3 is 30.0 Å². The van der Waals surface area contributed by atoms with Gasteiger partial charge in [0.25, 0.3) is 0 Å². The van der Waals surface area contributed by atoms with E-state index < -0.39 is 35.4 Å². The van der Waals surface area contributed by atoms with Crippen molar-refractivity contribution in [3.05, 3.63) is 0 Å². The molecule has 0 spiro atoms. The van der Waals surface area contributed by atoms with Crippen molar-refractivity contribution < 1.29 is 29.0 Å². The Morgan fingerprint density at radius 1 is 0.955 bits per heavy atom. The Labute approximate surface area is 130 Å². The molecule has 0 fully saturated rings. The third-order valence-corrected chi connectivity index (χ3v) is 2.08. The van der Waals surface area contributed by atoms with Gasteiger partial charge in [-0.05, 0) is 48.0 Å². The molecule has 22 heavy (non-hydrogen) atoms. The van der Waals surface area contributed by atoms with Gasteiger partial charge in [-0.15, -0.1) is 0 Å². The molecule has 0 bridgehead atoms. The number of carbonyl (C=O) groups excluding carboxylic acids is 3. The lowest BCUT2D eigenvalue weighted by atomic mass is 10.2. The van der Waals surface area contributed by atoms with Gasteiger partial charge >= 0.3 is 12.2 Å². The maximum atomic E-state index is 11.5. The summed E-state index contributed by atoms with van der Waals surface area (Å²) >= 11 is 0. The molecular formula is C14H25N2O6-. The summed E-state index contributed by atoms with van der Waals surface area (Å²) in [6.45, 7) is 10.1. The molecule has 2 N–H and O–H groups in total. The van der Waals surface area contributed by atoms with Crippen LogP contribution in [0, 0.1) is 0 Å². The van der Waals surface area contributed by atoms with E-state index in [4.69, 9.17) is 9.47 Å². The van der Waals surface area contributed by atoms with E-state index in [9.17, 15) is 19.5 Å². The molecule has 8 nitrogen and oxygen atoms in total. The number of alkyl carbamates (subject to hydrolysis) is 2. The van der Waals surface area contributed by atoms with E-state index in [1.54, 1.807) is 41.5 Å². The number of carbonyl (C=O) groups is 3. The highest BCUT2D eigenvalue weighted by atomic mass is 16.6. The predicted molar refractivity (Wildman–Crippen MR) is 77.0 cm³/mol. The summed E-state index contributed by atoms with van der Waals surface area (Å²) < 4.78 is 9.96. The number of carboxylic acids is 1. The first-order valence-corrected chi connectivity index (χ1v) is 6.97. The van der Waals surface area contributed by atoms with Crippen molar-refractivity contribution in [3.8, 4) is 0 Å². The van der Waals surface area contributed by atoms with Crippen molar-refractivity contribution in [3.63, 3.8) is 0 Å². The second-order valence-corrected chi connectivity index (χ2v) is 6.74. The van der Waals surface area contributed by atoms with Crippen molar-refractivity contribution in [1.82, 2.24) is 10.6 Å². The maximum absolute atomic E-state index is 11.5. The molecule has 0 aromatic heterocycles. The van der Waals surface area contributed by atoms with Crippen LogP contribution in [0.2, 0.25) is 0 Å². The number of aliphatic carboxylic acids is 1. The number of hydrogen-bond acceptors (Lipinski definition) is 6. The molecule has 128 valence electrons. The molecule has 0 aliphatic carbocycles. The highest BCUT2D eigenvalue weighted by molar-refractivity contribution is 5.78. The summed E-state index contributed by atoms with van der Waals surface area (Å²) in [5.74, 6) is -1.46. The fourth-order valence-electron chi connectivity index (χ4n) is 1.33. The first-order valence-electron chi connectivity index (χ1n) is 6.97. The number of carboxylic acid groups (broad SMARTS) is 1. The monoisotopic (exact) mass is 317 g/mol. The zero-order valence-corrected chi connectivity index (χ0v) is 13.9. The van der Waals surface area contributed by atoms with E-state index in [2.05, 4.69) is 10.6 Å². The number of nitrogens with one attached hydrogen (secondary N) is 2. The van der Waals surface area contributed by atoms with Crippen LogP contribution in [0.25, 0.3) is 0 Å². The van der Waals surface area contributed by atoms with Gasteiger partial charge in [0.15, 0.2) is 0 Å². The molecule has 0 aromatic rings. The molecule has 0 rings (SSSR count). The lowest BCUT2D eigenvalue weighted by Gasteiger charge is -2.24. The average Bonchev–Trinajstić information content (AvgIpc) is 2.22. The van der Waals surface area contributed by atoms with E-state index in [0.717, 1.165) is 0 Å². The first kappa shape index (κ1) is 20.0. The third kappa shape index (κ3) is 10.8. The maximum Gasteiger partial charge on any atom is 0.408 e. The molecule has 0 heterocycles. The number of amides is 2. The van der Waals surface area contributed by atoms with Gasteiger partial charge in [-0.1, -0.05) is 0 Å². The Kier molecular flexibility index (Phi) is 7.15. The van der Waals surface area contributed by atoms with Crippen LogP contribution >= 0.6 is 0 Å². The summed E-state index contributed by atoms with van der Waals surface area (Å²) in [4.78, 5) is 33.9. The van der Waals surface area contributed by atoms with E-state index in [1.165, 1.54) is 0 Å². The molecule has 0 saturated heterocycles. The minimum atomic E-state index is -1.46. The van der Waals surface area contributed by atoms with Gasteiger partial charge in [-0.3, -0.25) is 0 Å². The smallest absolute Gasteiger partial charge is 0.408 e. The number of ether oxygens (including phenoxy) is 2. The Bertz CT molecular complexity index is 409. The molecule has 2 amide bonds. The Balaban J connectivity index is 4.30. The van der Waals surface area contributed by atoms with Crippen molar-refractivity contribution in [2.75, 3.05) is 6.54 Å². The summed E-state index contributed by atoms with van der Waals surface area (Å²) in [5.41, 5.74) is -1.39. The molecule has 0 aromatic carbocycles. The second kappa shape index (κ2) is 7.86. The fraction of sp³-hybridized carbons (Fsp3) is 0.786. The molecule has 0 saturated carbocycles. The summed E-state index contributed by atoms with van der Waals surface area (Å²) in [7, 11) is 0. The Morgan fingerprint density at radius 2 is 1.41 bits per heavy atom. The van der Waals surface area contributed by atoms with Crippen molar-refractivity contribution in [2.45, 2.75) is 65.2 Å². The van der Waals surface area contributed by atoms with Crippen LogP contribution in [0.4, 0.5) is 9.59 Å². The van der Waals surface area contributed by atoms with Crippen molar-refractivity contribution in [1.29, 1.82) is 0 Å². The zero-order valence-electron chi connectivity index (χ0n) is 13.9.